The molecule has 5 nitrogen and oxygen atoms in total. The van der Waals surface area contributed by atoms with Crippen molar-refractivity contribution in [2.24, 2.45) is 0 Å². The highest BCUT2D eigenvalue weighted by molar-refractivity contribution is 9.24. The molecular weight excluding hydrogens is 742 g/mol. The number of hydrogen-bond acceptors (Lipinski definition) is 5. The molecule has 0 saturated carbocycles. The third kappa shape index (κ3) is 19.0. The summed E-state index contributed by atoms with van der Waals surface area (Å²) in [6.07, 6.45) is 31.8. The van der Waals surface area contributed by atoms with Gasteiger partial charge < -0.3 is 14.8 Å². The second kappa shape index (κ2) is 29.0. The van der Waals surface area contributed by atoms with Gasteiger partial charge in [-0.15, -0.1) is 0 Å². The van der Waals surface area contributed by atoms with Gasteiger partial charge in [0.25, 0.3) is 0 Å². The Hall–Kier alpha value is -1.60. The van der Waals surface area contributed by atoms with Gasteiger partial charge in [0.15, 0.2) is 0 Å². The largest absolute Gasteiger partial charge is 0.462 e. The second-order valence-corrected chi connectivity index (χ2v) is 16.8. The van der Waals surface area contributed by atoms with E-state index >= 15 is 0 Å². The third-order valence-electron chi connectivity index (χ3n) is 9.54. The number of hydrogen-bond donors (Lipinski definition) is 1. The van der Waals surface area contributed by atoms with E-state index in [1.807, 2.05) is 30.3 Å². The Morgan fingerprint density at radius 3 is 1.39 bits per heavy atom. The predicted octanol–water partition coefficient (Wildman–Crippen LogP) is 13.1. The van der Waals surface area contributed by atoms with Gasteiger partial charge in [0, 0.05) is 6.20 Å². The molecular formula is C42H67Br2NO4. The van der Waals surface area contributed by atoms with Crippen LogP contribution in [0, 0.1) is 0 Å². The Labute approximate surface area is 316 Å². The topological polar surface area (TPSA) is 64.6 Å². The lowest BCUT2D eigenvalue weighted by Crippen LogP contribution is -2.32. The van der Waals surface area contributed by atoms with Crippen LogP contribution in [0.3, 0.4) is 0 Å². The van der Waals surface area contributed by atoms with E-state index < -0.39 is 17.9 Å². The van der Waals surface area contributed by atoms with Crippen molar-refractivity contribution in [3.8, 4) is 0 Å². The maximum atomic E-state index is 13.7. The molecule has 1 aromatic rings. The summed E-state index contributed by atoms with van der Waals surface area (Å²) in [7, 11) is 0. The lowest BCUT2D eigenvalue weighted by molar-refractivity contribution is -0.140. The molecule has 0 fully saturated rings. The molecule has 0 spiro atoms. The van der Waals surface area contributed by atoms with E-state index in [-0.39, 0.29) is 3.74 Å². The summed E-state index contributed by atoms with van der Waals surface area (Å²) < 4.78 is 11.3. The number of ether oxygens (including phenoxy) is 2. The fourth-order valence-corrected chi connectivity index (χ4v) is 7.34. The van der Waals surface area contributed by atoms with Gasteiger partial charge in [-0.25, -0.2) is 9.59 Å². The maximum absolute atomic E-state index is 13.7. The van der Waals surface area contributed by atoms with E-state index in [1.54, 1.807) is 6.20 Å². The van der Waals surface area contributed by atoms with Crippen molar-refractivity contribution in [1.82, 2.24) is 5.32 Å². The molecule has 1 aromatic carbocycles. The summed E-state index contributed by atoms with van der Waals surface area (Å²) in [6, 6.07) is 9.71. The molecule has 0 amide bonds. The first kappa shape index (κ1) is 43.6. The first-order valence-corrected chi connectivity index (χ1v) is 21.7. The number of benzene rings is 1. The molecule has 1 aliphatic heterocycles. The van der Waals surface area contributed by atoms with Crippen LogP contribution in [0.4, 0.5) is 0 Å². The summed E-state index contributed by atoms with van der Waals surface area (Å²) in [5.41, 5.74) is 2.36. The average molecular weight is 810 g/mol. The van der Waals surface area contributed by atoms with Crippen LogP contribution in [0.2, 0.25) is 0 Å². The fraction of sp³-hybridized carbons (Fsp3) is 0.714. The van der Waals surface area contributed by atoms with Crippen LogP contribution in [0.1, 0.15) is 179 Å². The molecule has 1 atom stereocenters. The summed E-state index contributed by atoms with van der Waals surface area (Å²) in [6.45, 7) is 5.27. The Kier molecular flexibility index (Phi) is 25.8. The van der Waals surface area contributed by atoms with Gasteiger partial charge in [0.2, 0.25) is 0 Å². The average Bonchev–Trinajstić information content (AvgIpc) is 3.11. The molecule has 1 unspecified atom stereocenters. The lowest BCUT2D eigenvalue weighted by atomic mass is 9.82. The van der Waals surface area contributed by atoms with Gasteiger partial charge in [-0.1, -0.05) is 217 Å². The minimum atomic E-state index is -0.584. The number of alkyl halides is 2. The molecule has 1 aliphatic rings. The zero-order valence-electron chi connectivity index (χ0n) is 30.9. The van der Waals surface area contributed by atoms with Crippen molar-refractivity contribution in [1.29, 1.82) is 0 Å². The van der Waals surface area contributed by atoms with Crippen molar-refractivity contribution in [2.75, 3.05) is 13.2 Å². The summed E-state index contributed by atoms with van der Waals surface area (Å²) in [5, 5.41) is 3.20. The predicted molar refractivity (Wildman–Crippen MR) is 213 cm³/mol. The number of allylic oxidation sites excluding steroid dienone is 1. The van der Waals surface area contributed by atoms with Crippen LogP contribution in [-0.2, 0) is 19.1 Å². The van der Waals surface area contributed by atoms with Crippen LogP contribution < -0.4 is 5.32 Å². The Balaban J connectivity index is 1.81. The molecule has 0 aliphatic carbocycles. The van der Waals surface area contributed by atoms with E-state index in [1.165, 1.54) is 128 Å². The van der Waals surface area contributed by atoms with Crippen molar-refractivity contribution >= 4 is 43.8 Å². The van der Waals surface area contributed by atoms with Crippen LogP contribution in [-0.4, -0.2) is 28.9 Å². The van der Waals surface area contributed by atoms with Crippen molar-refractivity contribution in [3.63, 3.8) is 0 Å². The first-order valence-electron chi connectivity index (χ1n) is 19.9. The Bertz CT molecular complexity index is 1070. The van der Waals surface area contributed by atoms with Crippen LogP contribution in [0.5, 0.6) is 0 Å². The number of carbonyl (C=O) groups is 2. The summed E-state index contributed by atoms with van der Waals surface area (Å²) in [5.74, 6) is -1.38. The van der Waals surface area contributed by atoms with E-state index in [9.17, 15) is 9.59 Å². The molecule has 278 valence electrons. The summed E-state index contributed by atoms with van der Waals surface area (Å²) in [4.78, 5) is 27.2. The third-order valence-corrected chi connectivity index (χ3v) is 10.5. The zero-order chi connectivity index (χ0) is 35.4. The minimum Gasteiger partial charge on any atom is -0.462 e. The monoisotopic (exact) mass is 807 g/mol. The molecule has 0 radical (unpaired) electrons. The quantitative estimate of drug-likeness (QED) is 0.0476. The number of esters is 2. The number of halogens is 2. The minimum absolute atomic E-state index is 0.310. The molecule has 2 rings (SSSR count). The molecule has 0 aromatic heterocycles. The van der Waals surface area contributed by atoms with Crippen LogP contribution >= 0.6 is 31.9 Å². The van der Waals surface area contributed by atoms with E-state index in [4.69, 9.17) is 9.47 Å². The van der Waals surface area contributed by atoms with E-state index in [2.05, 4.69) is 51.0 Å². The molecule has 49 heavy (non-hydrogen) atoms. The molecule has 7 heteroatoms. The van der Waals surface area contributed by atoms with E-state index in [0.29, 0.717) is 30.1 Å². The van der Waals surface area contributed by atoms with Gasteiger partial charge in [-0.2, -0.15) is 0 Å². The van der Waals surface area contributed by atoms with Gasteiger partial charge >= 0.3 is 11.9 Å². The SMILES string of the molecule is CCCCCCCCCCCCCCOC(=O)C1=CNC(C(Br)Br)=C(C(=O)OCCCCCCCCCCCCCC)C1c1ccccc1. The number of nitrogens with one attached hydrogen (secondary N) is 1. The van der Waals surface area contributed by atoms with Gasteiger partial charge in [-0.3, -0.25) is 0 Å². The van der Waals surface area contributed by atoms with Crippen LogP contribution in [0.25, 0.3) is 0 Å². The van der Waals surface area contributed by atoms with Crippen molar-refractivity contribution in [3.05, 3.63) is 58.9 Å². The number of unbranched alkanes of at least 4 members (excludes halogenated alkanes) is 22. The lowest BCUT2D eigenvalue weighted by Gasteiger charge is -2.29. The van der Waals surface area contributed by atoms with Gasteiger partial charge in [-0.05, 0) is 18.4 Å². The molecule has 1 N–H and O–H groups in total. The number of rotatable bonds is 30. The second-order valence-electron chi connectivity index (χ2n) is 13.8. The Morgan fingerprint density at radius 1 is 0.592 bits per heavy atom. The first-order chi connectivity index (χ1) is 24.0. The fourth-order valence-electron chi connectivity index (χ4n) is 6.58. The molecule has 1 heterocycles. The van der Waals surface area contributed by atoms with Crippen molar-refractivity contribution < 1.29 is 19.1 Å². The van der Waals surface area contributed by atoms with Gasteiger partial charge in [0.1, 0.15) is 3.74 Å². The van der Waals surface area contributed by atoms with Gasteiger partial charge in [0.05, 0.1) is 36.0 Å². The number of dihydropyridines is 1. The number of carbonyl (C=O) groups excluding carboxylic acids is 2. The summed E-state index contributed by atoms with van der Waals surface area (Å²) >= 11 is 7.17. The highest BCUT2D eigenvalue weighted by Crippen LogP contribution is 2.40. The normalized spacial score (nSPS) is 14.6. The molecule has 0 bridgehead atoms. The standard InChI is InChI=1S/C42H67Br2NO4/c1-3-5-7-9-11-13-15-17-19-21-23-28-32-48-41(46)36-34-45-39(40(43)44)38(37(36)35-30-26-25-27-31-35)42(47)49-33-29-24-22-20-18-16-14-12-10-8-6-4-2/h25-27,30-31,34,37,40,45H,3-24,28-29,32-33H2,1-2H3. The zero-order valence-corrected chi connectivity index (χ0v) is 34.1. The smallest absolute Gasteiger partial charge is 0.336 e. The highest BCUT2D eigenvalue weighted by Gasteiger charge is 2.38. The highest BCUT2D eigenvalue weighted by atomic mass is 79.9. The molecule has 0 saturated heterocycles. The Morgan fingerprint density at radius 2 is 0.980 bits per heavy atom. The maximum Gasteiger partial charge on any atom is 0.336 e. The van der Waals surface area contributed by atoms with Crippen molar-refractivity contribution in [2.45, 2.75) is 178 Å². The van der Waals surface area contributed by atoms with Crippen LogP contribution in [0.15, 0.2) is 53.4 Å². The van der Waals surface area contributed by atoms with E-state index in [0.717, 1.165) is 31.2 Å².